The molecule has 26 heavy (non-hydrogen) atoms. The molecule has 1 saturated heterocycles. The molecule has 0 spiro atoms. The number of hydrogen-bond donors (Lipinski definition) is 0. The molecular formula is C18H25NO5S2. The molecule has 1 aromatic rings. The van der Waals surface area contributed by atoms with Crippen LogP contribution in [-0.2, 0) is 32.2 Å². The Labute approximate surface area is 158 Å². The van der Waals surface area contributed by atoms with E-state index < -0.39 is 15.8 Å². The summed E-state index contributed by atoms with van der Waals surface area (Å²) in [5.41, 5.74) is 1.22. The van der Waals surface area contributed by atoms with Crippen molar-refractivity contribution in [1.29, 1.82) is 0 Å². The lowest BCUT2D eigenvalue weighted by molar-refractivity contribution is -0.136. The van der Waals surface area contributed by atoms with Crippen LogP contribution in [-0.4, -0.2) is 55.9 Å². The number of rotatable bonds is 5. The van der Waals surface area contributed by atoms with Crippen molar-refractivity contribution in [2.24, 2.45) is 5.92 Å². The highest BCUT2D eigenvalue weighted by atomic mass is 32.2. The Balaban J connectivity index is 1.57. The third kappa shape index (κ3) is 4.28. The van der Waals surface area contributed by atoms with Crippen molar-refractivity contribution in [2.45, 2.75) is 45.6 Å². The van der Waals surface area contributed by atoms with Crippen LogP contribution in [0.2, 0.25) is 0 Å². The van der Waals surface area contributed by atoms with Crippen LogP contribution in [0.1, 0.15) is 46.8 Å². The molecule has 0 radical (unpaired) electrons. The standard InChI is InChI=1S/C18H25NO5S2/c1-3-19(14-6-7-26(22,23)11-14)17(20)10-24-18(21)16-9-13-8-12(2)4-5-15(13)25-16/h9,12,14H,3-8,10-11H2,1-2H3. The average molecular weight is 400 g/mol. The van der Waals surface area contributed by atoms with Gasteiger partial charge in [0, 0.05) is 17.5 Å². The van der Waals surface area contributed by atoms with E-state index in [4.69, 9.17) is 4.74 Å². The molecule has 0 saturated carbocycles. The Hall–Kier alpha value is -1.41. The van der Waals surface area contributed by atoms with E-state index in [2.05, 4.69) is 6.92 Å². The minimum absolute atomic E-state index is 0.00362. The third-order valence-corrected chi connectivity index (χ3v) is 8.13. The predicted molar refractivity (Wildman–Crippen MR) is 100 cm³/mol. The smallest absolute Gasteiger partial charge is 0.348 e. The fraction of sp³-hybridized carbons (Fsp3) is 0.667. The van der Waals surface area contributed by atoms with Crippen LogP contribution in [0.4, 0.5) is 0 Å². The van der Waals surface area contributed by atoms with Gasteiger partial charge >= 0.3 is 5.97 Å². The van der Waals surface area contributed by atoms with Crippen molar-refractivity contribution in [1.82, 2.24) is 4.90 Å². The monoisotopic (exact) mass is 399 g/mol. The van der Waals surface area contributed by atoms with Crippen molar-refractivity contribution >= 4 is 33.1 Å². The van der Waals surface area contributed by atoms with Gasteiger partial charge in [0.05, 0.1) is 11.5 Å². The maximum atomic E-state index is 12.4. The van der Waals surface area contributed by atoms with E-state index in [9.17, 15) is 18.0 Å². The first-order valence-corrected chi connectivity index (χ1v) is 11.7. The lowest BCUT2D eigenvalue weighted by Gasteiger charge is -2.26. The molecule has 6 nitrogen and oxygen atoms in total. The van der Waals surface area contributed by atoms with Crippen molar-refractivity contribution in [3.63, 3.8) is 0 Å². The van der Waals surface area contributed by atoms with Gasteiger partial charge in [-0.05, 0) is 50.2 Å². The van der Waals surface area contributed by atoms with Crippen molar-refractivity contribution in [3.05, 3.63) is 21.4 Å². The fourth-order valence-corrected chi connectivity index (χ4v) is 6.58. The van der Waals surface area contributed by atoms with Gasteiger partial charge in [-0.1, -0.05) is 6.92 Å². The molecule has 1 amide bonds. The largest absolute Gasteiger partial charge is 0.451 e. The number of fused-ring (bicyclic) bond motifs is 1. The molecule has 144 valence electrons. The van der Waals surface area contributed by atoms with Gasteiger partial charge in [0.25, 0.3) is 5.91 Å². The molecule has 2 heterocycles. The van der Waals surface area contributed by atoms with E-state index in [1.54, 1.807) is 6.92 Å². The zero-order valence-electron chi connectivity index (χ0n) is 15.2. The van der Waals surface area contributed by atoms with Gasteiger partial charge < -0.3 is 9.64 Å². The minimum Gasteiger partial charge on any atom is -0.451 e. The van der Waals surface area contributed by atoms with Crippen LogP contribution >= 0.6 is 11.3 Å². The summed E-state index contributed by atoms with van der Waals surface area (Å²) in [6.45, 7) is 4.07. The lowest BCUT2D eigenvalue weighted by atomic mass is 9.90. The molecule has 0 bridgehead atoms. The summed E-state index contributed by atoms with van der Waals surface area (Å²) in [6, 6.07) is 1.58. The van der Waals surface area contributed by atoms with Gasteiger partial charge in [0.1, 0.15) is 4.88 Å². The van der Waals surface area contributed by atoms with Gasteiger partial charge in [0.2, 0.25) is 0 Å². The zero-order chi connectivity index (χ0) is 18.9. The second-order valence-electron chi connectivity index (χ2n) is 7.22. The highest BCUT2D eigenvalue weighted by Gasteiger charge is 2.34. The highest BCUT2D eigenvalue weighted by Crippen LogP contribution is 2.32. The number of ether oxygens (including phenoxy) is 1. The van der Waals surface area contributed by atoms with Crippen molar-refractivity contribution in [2.75, 3.05) is 24.7 Å². The van der Waals surface area contributed by atoms with Gasteiger partial charge in [-0.25, -0.2) is 13.2 Å². The summed E-state index contributed by atoms with van der Waals surface area (Å²) < 4.78 is 28.5. The normalized spacial score (nSPS) is 24.1. The van der Waals surface area contributed by atoms with E-state index in [0.717, 1.165) is 19.3 Å². The Morgan fingerprint density at radius 3 is 2.77 bits per heavy atom. The summed E-state index contributed by atoms with van der Waals surface area (Å²) in [5, 5.41) is 0. The quantitative estimate of drug-likeness (QED) is 0.708. The molecule has 0 aromatic carbocycles. The fourth-order valence-electron chi connectivity index (χ4n) is 3.75. The first-order chi connectivity index (χ1) is 12.3. The summed E-state index contributed by atoms with van der Waals surface area (Å²) in [6.07, 6.45) is 3.56. The molecule has 1 aliphatic heterocycles. The molecule has 8 heteroatoms. The van der Waals surface area contributed by atoms with Crippen LogP contribution in [0.15, 0.2) is 6.07 Å². The number of thiophene rings is 1. The first kappa shape index (κ1) is 19.4. The van der Waals surface area contributed by atoms with Gasteiger partial charge in [-0.3, -0.25) is 4.79 Å². The van der Waals surface area contributed by atoms with Crippen molar-refractivity contribution < 1.29 is 22.7 Å². The summed E-state index contributed by atoms with van der Waals surface area (Å²) in [7, 11) is -3.06. The first-order valence-electron chi connectivity index (χ1n) is 9.07. The van der Waals surface area contributed by atoms with E-state index in [1.165, 1.54) is 26.7 Å². The number of nitrogens with zero attached hydrogens (tertiary/aromatic N) is 1. The number of carbonyl (C=O) groups is 2. The second-order valence-corrected chi connectivity index (χ2v) is 10.6. The van der Waals surface area contributed by atoms with Crippen LogP contribution in [0, 0.1) is 5.92 Å². The van der Waals surface area contributed by atoms with Crippen LogP contribution in [0.3, 0.4) is 0 Å². The molecule has 3 rings (SSSR count). The van der Waals surface area contributed by atoms with Crippen LogP contribution in [0.5, 0.6) is 0 Å². The second kappa shape index (κ2) is 7.68. The highest BCUT2D eigenvalue weighted by molar-refractivity contribution is 7.91. The topological polar surface area (TPSA) is 80.8 Å². The van der Waals surface area contributed by atoms with Gasteiger partial charge in [-0.15, -0.1) is 11.3 Å². The maximum absolute atomic E-state index is 12.4. The number of sulfone groups is 1. The molecule has 1 fully saturated rings. The third-order valence-electron chi connectivity index (χ3n) is 5.17. The number of hydrogen-bond acceptors (Lipinski definition) is 6. The van der Waals surface area contributed by atoms with Gasteiger partial charge in [-0.2, -0.15) is 0 Å². The maximum Gasteiger partial charge on any atom is 0.348 e. The zero-order valence-corrected chi connectivity index (χ0v) is 16.8. The molecule has 0 N–H and O–H groups in total. The molecule has 2 atom stereocenters. The Kier molecular flexibility index (Phi) is 5.72. The van der Waals surface area contributed by atoms with Gasteiger partial charge in [0.15, 0.2) is 16.4 Å². The summed E-state index contributed by atoms with van der Waals surface area (Å²) in [5.74, 6) is -0.0710. The number of aryl methyl sites for hydroxylation is 1. The predicted octanol–water partition coefficient (Wildman–Crippen LogP) is 2.07. The molecule has 2 aliphatic rings. The lowest BCUT2D eigenvalue weighted by Crippen LogP contribution is -2.43. The van der Waals surface area contributed by atoms with E-state index in [1.807, 2.05) is 6.07 Å². The molecule has 2 unspecified atom stereocenters. The number of carbonyl (C=O) groups excluding carboxylic acids is 2. The average Bonchev–Trinajstić information content (AvgIpc) is 3.16. The molecule has 1 aliphatic carbocycles. The number of likely N-dealkylation sites (N-methyl/N-ethyl adjacent to an activating group) is 1. The summed E-state index contributed by atoms with van der Waals surface area (Å²) >= 11 is 1.46. The van der Waals surface area contributed by atoms with E-state index >= 15 is 0 Å². The SMILES string of the molecule is CCN(C(=O)COC(=O)c1cc2c(s1)CCC(C)C2)C1CCS(=O)(=O)C1. The number of esters is 1. The Morgan fingerprint density at radius 1 is 1.35 bits per heavy atom. The van der Waals surface area contributed by atoms with E-state index in [-0.39, 0.29) is 30.1 Å². The van der Waals surface area contributed by atoms with Crippen LogP contribution < -0.4 is 0 Å². The van der Waals surface area contributed by atoms with E-state index in [0.29, 0.717) is 23.8 Å². The minimum atomic E-state index is -3.06. The Morgan fingerprint density at radius 2 is 2.12 bits per heavy atom. The summed E-state index contributed by atoms with van der Waals surface area (Å²) in [4.78, 5) is 28.0. The molecular weight excluding hydrogens is 374 g/mol. The molecule has 1 aromatic heterocycles. The van der Waals surface area contributed by atoms with Crippen molar-refractivity contribution in [3.8, 4) is 0 Å². The van der Waals surface area contributed by atoms with Crippen LogP contribution in [0.25, 0.3) is 0 Å². The Bertz CT molecular complexity index is 799. The number of amides is 1.